The number of piperazine rings is 1. The first-order valence-electron chi connectivity index (χ1n) is 10.8. The Morgan fingerprint density at radius 3 is 2.60 bits per heavy atom. The molecule has 2 heterocycles. The van der Waals surface area contributed by atoms with E-state index in [-0.39, 0.29) is 24.0 Å². The molecule has 0 atom stereocenters. The van der Waals surface area contributed by atoms with Crippen LogP contribution in [0.15, 0.2) is 29.5 Å². The van der Waals surface area contributed by atoms with Crippen molar-refractivity contribution >= 4 is 35.6 Å². The normalized spacial score (nSPS) is 14.6. The molecule has 30 heavy (non-hydrogen) atoms. The molecular weight excluding hydrogens is 489 g/mol. The first-order valence-corrected chi connectivity index (χ1v) is 10.8. The van der Waals surface area contributed by atoms with E-state index in [1.807, 2.05) is 6.33 Å². The van der Waals surface area contributed by atoms with Crippen molar-refractivity contribution in [2.24, 2.45) is 4.99 Å². The molecule has 8 heteroatoms. The predicted octanol–water partition coefficient (Wildman–Crippen LogP) is 3.25. The van der Waals surface area contributed by atoms with Crippen LogP contribution in [-0.2, 0) is 13.0 Å². The lowest BCUT2D eigenvalue weighted by atomic mass is 10.1. The summed E-state index contributed by atoms with van der Waals surface area (Å²) in [5.41, 5.74) is 4.11. The molecule has 0 radical (unpaired) electrons. The number of halogens is 1. The second-order valence-corrected chi connectivity index (χ2v) is 7.62. The summed E-state index contributed by atoms with van der Waals surface area (Å²) in [6, 6.07) is 6.59. The molecule has 7 nitrogen and oxygen atoms in total. The van der Waals surface area contributed by atoms with Gasteiger partial charge in [0.1, 0.15) is 12.2 Å². The van der Waals surface area contributed by atoms with Crippen molar-refractivity contribution < 1.29 is 0 Å². The molecule has 1 aliphatic heterocycles. The van der Waals surface area contributed by atoms with Gasteiger partial charge >= 0.3 is 0 Å². The van der Waals surface area contributed by atoms with E-state index in [2.05, 4.69) is 75.8 Å². The smallest absolute Gasteiger partial charge is 0.194 e. The van der Waals surface area contributed by atoms with Crippen molar-refractivity contribution in [1.82, 2.24) is 25.0 Å². The number of anilines is 1. The van der Waals surface area contributed by atoms with Gasteiger partial charge in [-0.05, 0) is 37.5 Å². The predicted molar refractivity (Wildman–Crippen MR) is 135 cm³/mol. The Morgan fingerprint density at radius 1 is 1.13 bits per heavy atom. The summed E-state index contributed by atoms with van der Waals surface area (Å²) in [6.45, 7) is 15.2. The lowest BCUT2D eigenvalue weighted by Crippen LogP contribution is -2.53. The monoisotopic (exact) mass is 525 g/mol. The minimum absolute atomic E-state index is 0. The summed E-state index contributed by atoms with van der Waals surface area (Å²) in [5.74, 6) is 2.06. The Kier molecular flexibility index (Phi) is 9.87. The maximum atomic E-state index is 4.83. The molecule has 1 aromatic heterocycles. The standard InChI is InChI=1S/C22H35N7.HI/c1-5-10-23-22(24-11-12-29-17-25-26-21(29)6-2)28-15-13-27(14-16-28)20-9-7-8-18(3)19(20)4;/h7-9,17H,5-6,10-16H2,1-4H3,(H,23,24);1H. The Balaban J connectivity index is 0.00000320. The second kappa shape index (κ2) is 12.1. The van der Waals surface area contributed by atoms with Crippen LogP contribution in [0.2, 0.25) is 0 Å². The Hall–Kier alpha value is -1.84. The fourth-order valence-electron chi connectivity index (χ4n) is 3.75. The molecule has 0 amide bonds. The van der Waals surface area contributed by atoms with E-state index < -0.39 is 0 Å². The SMILES string of the molecule is CCCN=C(NCCn1cnnc1CC)N1CCN(c2cccc(C)c2C)CC1.I. The fourth-order valence-corrected chi connectivity index (χ4v) is 3.75. The van der Waals surface area contributed by atoms with Crippen molar-refractivity contribution in [3.63, 3.8) is 0 Å². The van der Waals surface area contributed by atoms with E-state index in [0.717, 1.165) is 70.4 Å². The number of aliphatic imine (C=N–C) groups is 1. The van der Waals surface area contributed by atoms with Gasteiger partial charge in [-0.15, -0.1) is 34.2 Å². The quantitative estimate of drug-likeness (QED) is 0.342. The highest BCUT2D eigenvalue weighted by Crippen LogP contribution is 2.23. The molecule has 0 unspecified atom stereocenters. The van der Waals surface area contributed by atoms with E-state index >= 15 is 0 Å². The number of nitrogens with zero attached hydrogens (tertiary/aromatic N) is 6. The number of hydrogen-bond donors (Lipinski definition) is 1. The van der Waals surface area contributed by atoms with Gasteiger partial charge in [-0.2, -0.15) is 0 Å². The molecule has 0 aliphatic carbocycles. The van der Waals surface area contributed by atoms with Crippen molar-refractivity contribution in [2.75, 3.05) is 44.2 Å². The molecule has 0 saturated carbocycles. The molecule has 1 N–H and O–H groups in total. The minimum Gasteiger partial charge on any atom is -0.368 e. The van der Waals surface area contributed by atoms with Crippen molar-refractivity contribution in [2.45, 2.75) is 47.1 Å². The number of guanidine groups is 1. The van der Waals surface area contributed by atoms with E-state index in [9.17, 15) is 0 Å². The van der Waals surface area contributed by atoms with Crippen LogP contribution in [0, 0.1) is 13.8 Å². The topological polar surface area (TPSA) is 61.6 Å². The third kappa shape index (κ3) is 6.09. The molecule has 1 aliphatic rings. The van der Waals surface area contributed by atoms with Gasteiger partial charge in [-0.25, -0.2) is 0 Å². The van der Waals surface area contributed by atoms with E-state index in [4.69, 9.17) is 4.99 Å². The van der Waals surface area contributed by atoms with Crippen LogP contribution >= 0.6 is 24.0 Å². The highest BCUT2D eigenvalue weighted by molar-refractivity contribution is 14.0. The largest absolute Gasteiger partial charge is 0.368 e. The van der Waals surface area contributed by atoms with Gasteiger partial charge in [0.05, 0.1) is 0 Å². The van der Waals surface area contributed by atoms with Crippen LogP contribution in [0.4, 0.5) is 5.69 Å². The second-order valence-electron chi connectivity index (χ2n) is 7.62. The maximum Gasteiger partial charge on any atom is 0.194 e. The maximum absolute atomic E-state index is 4.83. The van der Waals surface area contributed by atoms with Crippen LogP contribution in [-0.4, -0.2) is 64.9 Å². The van der Waals surface area contributed by atoms with Crippen LogP contribution in [0.3, 0.4) is 0 Å². The highest BCUT2D eigenvalue weighted by Gasteiger charge is 2.21. The molecule has 166 valence electrons. The van der Waals surface area contributed by atoms with Crippen molar-refractivity contribution in [3.8, 4) is 0 Å². The third-order valence-corrected chi connectivity index (χ3v) is 5.63. The molecule has 1 aromatic carbocycles. The number of aromatic nitrogens is 3. The number of aryl methyl sites for hydroxylation is 2. The van der Waals surface area contributed by atoms with Gasteiger partial charge in [-0.3, -0.25) is 4.99 Å². The van der Waals surface area contributed by atoms with Crippen LogP contribution in [0.1, 0.15) is 37.2 Å². The fraction of sp³-hybridized carbons (Fsp3) is 0.591. The summed E-state index contributed by atoms with van der Waals surface area (Å²) in [5, 5.41) is 11.8. The number of nitrogens with one attached hydrogen (secondary N) is 1. The molecule has 0 bridgehead atoms. The van der Waals surface area contributed by atoms with Crippen molar-refractivity contribution in [3.05, 3.63) is 41.5 Å². The lowest BCUT2D eigenvalue weighted by Gasteiger charge is -2.38. The average molecular weight is 525 g/mol. The molecule has 2 aromatic rings. The lowest BCUT2D eigenvalue weighted by molar-refractivity contribution is 0.370. The van der Waals surface area contributed by atoms with Crippen LogP contribution in [0.25, 0.3) is 0 Å². The zero-order valence-corrected chi connectivity index (χ0v) is 21.1. The van der Waals surface area contributed by atoms with Gasteiger partial charge in [0.25, 0.3) is 0 Å². The number of benzene rings is 1. The van der Waals surface area contributed by atoms with E-state index in [1.165, 1.54) is 16.8 Å². The Morgan fingerprint density at radius 2 is 1.90 bits per heavy atom. The van der Waals surface area contributed by atoms with Gasteiger partial charge < -0.3 is 19.7 Å². The molecule has 1 fully saturated rings. The first-order chi connectivity index (χ1) is 14.1. The number of hydrogen-bond acceptors (Lipinski definition) is 4. The van der Waals surface area contributed by atoms with Crippen molar-refractivity contribution in [1.29, 1.82) is 0 Å². The van der Waals surface area contributed by atoms with E-state index in [1.54, 1.807) is 0 Å². The summed E-state index contributed by atoms with van der Waals surface area (Å²) in [7, 11) is 0. The highest BCUT2D eigenvalue weighted by atomic mass is 127. The Labute approximate surface area is 198 Å². The molecule has 3 rings (SSSR count). The average Bonchev–Trinajstić information content (AvgIpc) is 3.20. The molecular formula is C22H36IN7. The third-order valence-electron chi connectivity index (χ3n) is 5.63. The van der Waals surface area contributed by atoms with E-state index in [0.29, 0.717) is 0 Å². The van der Waals surface area contributed by atoms with Gasteiger partial charge in [0.15, 0.2) is 5.96 Å². The van der Waals surface area contributed by atoms with Crippen LogP contribution in [0.5, 0.6) is 0 Å². The summed E-state index contributed by atoms with van der Waals surface area (Å²) in [4.78, 5) is 9.72. The molecule has 1 saturated heterocycles. The minimum atomic E-state index is 0. The zero-order chi connectivity index (χ0) is 20.6. The van der Waals surface area contributed by atoms with Crippen LogP contribution < -0.4 is 10.2 Å². The van der Waals surface area contributed by atoms with Gasteiger partial charge in [-0.1, -0.05) is 26.0 Å². The first kappa shape index (κ1) is 24.4. The van der Waals surface area contributed by atoms with Gasteiger partial charge in [0.2, 0.25) is 0 Å². The van der Waals surface area contributed by atoms with Gasteiger partial charge in [0, 0.05) is 57.9 Å². The zero-order valence-electron chi connectivity index (χ0n) is 18.8. The molecule has 0 spiro atoms. The summed E-state index contributed by atoms with van der Waals surface area (Å²) in [6.07, 6.45) is 3.77. The summed E-state index contributed by atoms with van der Waals surface area (Å²) >= 11 is 0. The summed E-state index contributed by atoms with van der Waals surface area (Å²) < 4.78 is 2.11. The number of rotatable bonds is 7. The Bertz CT molecular complexity index is 810.